The van der Waals surface area contributed by atoms with Crippen molar-refractivity contribution in [2.45, 2.75) is 31.7 Å². The molecule has 1 amide bonds. The van der Waals surface area contributed by atoms with Crippen LogP contribution in [0.1, 0.15) is 26.2 Å². The summed E-state index contributed by atoms with van der Waals surface area (Å²) in [5.74, 6) is 0.441. The second kappa shape index (κ2) is 4.94. The van der Waals surface area contributed by atoms with Gasteiger partial charge in [0.1, 0.15) is 0 Å². The van der Waals surface area contributed by atoms with Crippen molar-refractivity contribution in [2.75, 3.05) is 27.3 Å². The summed E-state index contributed by atoms with van der Waals surface area (Å²) in [6, 6.07) is 0. The van der Waals surface area contributed by atoms with Crippen LogP contribution in [-0.4, -0.2) is 43.7 Å². The number of amides is 1. The van der Waals surface area contributed by atoms with Crippen LogP contribution >= 0.6 is 0 Å². The van der Waals surface area contributed by atoms with E-state index in [-0.39, 0.29) is 5.91 Å². The first-order valence-electron chi connectivity index (χ1n) is 5.53. The molecule has 0 spiro atoms. The Balaban J connectivity index is 2.37. The average molecular weight is 214 g/mol. The lowest BCUT2D eigenvalue weighted by Crippen LogP contribution is -2.54. The molecule has 0 aromatic carbocycles. The summed E-state index contributed by atoms with van der Waals surface area (Å²) in [6.45, 7) is 3.24. The zero-order valence-electron chi connectivity index (χ0n) is 9.95. The molecule has 0 aliphatic heterocycles. The van der Waals surface area contributed by atoms with Gasteiger partial charge in [-0.3, -0.25) is 4.79 Å². The van der Waals surface area contributed by atoms with Crippen LogP contribution in [0.25, 0.3) is 0 Å². The lowest BCUT2D eigenvalue weighted by atomic mass is 9.95. The maximum absolute atomic E-state index is 12.0. The largest absolute Gasteiger partial charge is 0.385 e. The van der Waals surface area contributed by atoms with Crippen molar-refractivity contribution >= 4 is 5.91 Å². The van der Waals surface area contributed by atoms with E-state index < -0.39 is 5.54 Å². The third-order valence-corrected chi connectivity index (χ3v) is 3.07. The minimum atomic E-state index is -0.665. The van der Waals surface area contributed by atoms with E-state index >= 15 is 0 Å². The maximum Gasteiger partial charge on any atom is 0.242 e. The molecule has 1 rings (SSSR count). The molecule has 0 aromatic heterocycles. The lowest BCUT2D eigenvalue weighted by Gasteiger charge is -2.29. The van der Waals surface area contributed by atoms with Gasteiger partial charge in [0.05, 0.1) is 5.54 Å². The minimum Gasteiger partial charge on any atom is -0.385 e. The topological polar surface area (TPSA) is 55.6 Å². The van der Waals surface area contributed by atoms with Crippen molar-refractivity contribution in [3.05, 3.63) is 0 Å². The van der Waals surface area contributed by atoms with Gasteiger partial charge in [-0.25, -0.2) is 0 Å². The fraction of sp³-hybridized carbons (Fsp3) is 0.909. The number of carbonyl (C=O) groups is 1. The van der Waals surface area contributed by atoms with Gasteiger partial charge in [-0.2, -0.15) is 0 Å². The van der Waals surface area contributed by atoms with Crippen LogP contribution in [0.4, 0.5) is 0 Å². The first-order chi connectivity index (χ1) is 7.00. The third-order valence-electron chi connectivity index (χ3n) is 3.07. The van der Waals surface area contributed by atoms with Crippen LogP contribution in [0, 0.1) is 5.92 Å². The Morgan fingerprint density at radius 1 is 1.60 bits per heavy atom. The molecule has 0 radical (unpaired) electrons. The predicted octanol–water partition coefficient (Wildman–Crippen LogP) is 0.609. The molecule has 1 saturated carbocycles. The van der Waals surface area contributed by atoms with Gasteiger partial charge in [-0.15, -0.1) is 0 Å². The van der Waals surface area contributed by atoms with Gasteiger partial charge >= 0.3 is 0 Å². The molecule has 88 valence electrons. The molecule has 1 unspecified atom stereocenters. The Labute approximate surface area is 91.8 Å². The van der Waals surface area contributed by atoms with E-state index in [4.69, 9.17) is 10.5 Å². The molecule has 0 saturated heterocycles. The molecule has 0 bridgehead atoms. The smallest absolute Gasteiger partial charge is 0.242 e. The number of nitrogens with zero attached hydrogens (tertiary/aromatic N) is 1. The Morgan fingerprint density at radius 2 is 2.20 bits per heavy atom. The van der Waals surface area contributed by atoms with Crippen LogP contribution in [-0.2, 0) is 9.53 Å². The fourth-order valence-corrected chi connectivity index (χ4v) is 1.82. The monoisotopic (exact) mass is 214 g/mol. The van der Waals surface area contributed by atoms with Gasteiger partial charge in [-0.05, 0) is 32.1 Å². The van der Waals surface area contributed by atoms with Gasteiger partial charge in [0.15, 0.2) is 0 Å². The summed E-state index contributed by atoms with van der Waals surface area (Å²) in [4.78, 5) is 13.7. The van der Waals surface area contributed by atoms with Crippen LogP contribution in [0.5, 0.6) is 0 Å². The first-order valence-corrected chi connectivity index (χ1v) is 5.53. The van der Waals surface area contributed by atoms with Crippen LogP contribution < -0.4 is 5.73 Å². The number of hydrogen-bond acceptors (Lipinski definition) is 3. The van der Waals surface area contributed by atoms with Gasteiger partial charge in [-0.1, -0.05) is 0 Å². The van der Waals surface area contributed by atoms with Crippen LogP contribution in [0.2, 0.25) is 0 Å². The molecule has 1 atom stereocenters. The Morgan fingerprint density at radius 3 is 2.67 bits per heavy atom. The quantitative estimate of drug-likeness (QED) is 0.659. The Bertz CT molecular complexity index is 225. The van der Waals surface area contributed by atoms with Crippen molar-refractivity contribution in [3.8, 4) is 0 Å². The Hall–Kier alpha value is -0.610. The number of likely N-dealkylation sites (N-methyl/N-ethyl adjacent to an activating group) is 1. The molecule has 1 aliphatic carbocycles. The first kappa shape index (κ1) is 12.5. The van der Waals surface area contributed by atoms with Crippen molar-refractivity contribution < 1.29 is 9.53 Å². The third kappa shape index (κ3) is 3.18. The van der Waals surface area contributed by atoms with E-state index in [1.807, 2.05) is 14.0 Å². The van der Waals surface area contributed by atoms with Crippen molar-refractivity contribution in [1.29, 1.82) is 0 Å². The summed E-state index contributed by atoms with van der Waals surface area (Å²) >= 11 is 0. The molecule has 2 N–H and O–H groups in total. The second-order valence-corrected chi connectivity index (χ2v) is 4.63. The molecular formula is C11H22N2O2. The summed E-state index contributed by atoms with van der Waals surface area (Å²) in [5.41, 5.74) is 5.38. The molecule has 1 fully saturated rings. The average Bonchev–Trinajstić information content (AvgIpc) is 3.00. The van der Waals surface area contributed by atoms with E-state index in [0.717, 1.165) is 19.3 Å². The van der Waals surface area contributed by atoms with E-state index in [1.54, 1.807) is 12.0 Å². The molecule has 0 heterocycles. The number of nitrogens with two attached hydrogens (primary N) is 1. The molecule has 1 aliphatic rings. The van der Waals surface area contributed by atoms with Gasteiger partial charge in [0, 0.05) is 27.3 Å². The van der Waals surface area contributed by atoms with Crippen LogP contribution in [0.15, 0.2) is 0 Å². The van der Waals surface area contributed by atoms with E-state index in [1.165, 1.54) is 0 Å². The van der Waals surface area contributed by atoms with Gasteiger partial charge in [0.2, 0.25) is 5.91 Å². The summed E-state index contributed by atoms with van der Waals surface area (Å²) in [6.07, 6.45) is 3.04. The SMILES string of the molecule is COCCCN(C)C(=O)C(C)(N)C1CC1. The fourth-order valence-electron chi connectivity index (χ4n) is 1.82. The Kier molecular flexibility index (Phi) is 4.11. The van der Waals surface area contributed by atoms with Gasteiger partial charge in [0.25, 0.3) is 0 Å². The molecule has 15 heavy (non-hydrogen) atoms. The number of methoxy groups -OCH3 is 1. The predicted molar refractivity (Wildman–Crippen MR) is 59.4 cm³/mol. The standard InChI is InChI=1S/C11H22N2O2/c1-11(12,9-5-6-9)10(14)13(2)7-4-8-15-3/h9H,4-8,12H2,1-3H3. The van der Waals surface area contributed by atoms with Gasteiger partial charge < -0.3 is 15.4 Å². The zero-order chi connectivity index (χ0) is 11.5. The van der Waals surface area contributed by atoms with Crippen LogP contribution in [0.3, 0.4) is 0 Å². The minimum absolute atomic E-state index is 0.0566. The highest BCUT2D eigenvalue weighted by Gasteiger charge is 2.45. The lowest BCUT2D eigenvalue weighted by molar-refractivity contribution is -0.136. The van der Waals surface area contributed by atoms with E-state index in [2.05, 4.69) is 0 Å². The highest BCUT2D eigenvalue weighted by Crippen LogP contribution is 2.38. The van der Waals surface area contributed by atoms with Crippen molar-refractivity contribution in [1.82, 2.24) is 4.90 Å². The number of ether oxygens (including phenoxy) is 1. The van der Waals surface area contributed by atoms with Crippen molar-refractivity contribution in [2.24, 2.45) is 11.7 Å². The molecule has 4 nitrogen and oxygen atoms in total. The second-order valence-electron chi connectivity index (χ2n) is 4.63. The molecular weight excluding hydrogens is 192 g/mol. The summed E-state index contributed by atoms with van der Waals surface area (Å²) in [7, 11) is 3.48. The summed E-state index contributed by atoms with van der Waals surface area (Å²) in [5, 5.41) is 0. The number of rotatable bonds is 6. The molecule has 0 aromatic rings. The summed E-state index contributed by atoms with van der Waals surface area (Å²) < 4.78 is 4.95. The normalized spacial score (nSPS) is 19.7. The van der Waals surface area contributed by atoms with E-state index in [9.17, 15) is 4.79 Å². The van der Waals surface area contributed by atoms with E-state index in [0.29, 0.717) is 19.1 Å². The number of carbonyl (C=O) groups excluding carboxylic acids is 1. The number of hydrogen-bond donors (Lipinski definition) is 1. The highest BCUT2D eigenvalue weighted by atomic mass is 16.5. The van der Waals surface area contributed by atoms with Crippen molar-refractivity contribution in [3.63, 3.8) is 0 Å². The highest BCUT2D eigenvalue weighted by molar-refractivity contribution is 5.86. The zero-order valence-corrected chi connectivity index (χ0v) is 9.95. The maximum atomic E-state index is 12.0. The molecule has 4 heteroatoms.